The van der Waals surface area contributed by atoms with Gasteiger partial charge in [-0.25, -0.2) is 0 Å². The summed E-state index contributed by atoms with van der Waals surface area (Å²) in [7, 11) is 1.73. The summed E-state index contributed by atoms with van der Waals surface area (Å²) >= 11 is 0. The number of unbranched alkanes of at least 4 members (excludes halogenated alkanes) is 2. The van der Waals surface area contributed by atoms with Crippen LogP contribution in [0.2, 0.25) is 0 Å². The normalized spacial score (nSPS) is 15.9. The van der Waals surface area contributed by atoms with E-state index >= 15 is 0 Å². The molecule has 0 amide bonds. The minimum absolute atomic E-state index is 0.450. The second-order valence-corrected chi connectivity index (χ2v) is 7.48. The minimum atomic E-state index is 0.450. The van der Waals surface area contributed by atoms with Crippen molar-refractivity contribution in [3.05, 3.63) is 59.7 Å². The average molecular weight is 383 g/mol. The van der Waals surface area contributed by atoms with Crippen LogP contribution in [0.5, 0.6) is 11.5 Å². The summed E-state index contributed by atoms with van der Waals surface area (Å²) in [5, 5.41) is 3.47. The van der Waals surface area contributed by atoms with Gasteiger partial charge in [-0.2, -0.15) is 0 Å². The van der Waals surface area contributed by atoms with Crippen LogP contribution < -0.4 is 14.8 Å². The third-order valence-electron chi connectivity index (χ3n) is 5.48. The maximum atomic E-state index is 6.04. The van der Waals surface area contributed by atoms with Crippen LogP contribution in [0.25, 0.3) is 0 Å². The van der Waals surface area contributed by atoms with Crippen molar-refractivity contribution < 1.29 is 9.47 Å². The molecule has 0 radical (unpaired) electrons. The second kappa shape index (κ2) is 11.1. The summed E-state index contributed by atoms with van der Waals surface area (Å²) in [6.45, 7) is 7.16. The van der Waals surface area contributed by atoms with Crippen LogP contribution in [-0.2, 0) is 6.61 Å². The number of rotatable bonds is 10. The molecule has 152 valence electrons. The Morgan fingerprint density at radius 1 is 1.00 bits per heavy atom. The number of benzene rings is 2. The predicted molar refractivity (Wildman–Crippen MR) is 115 cm³/mol. The Morgan fingerprint density at radius 3 is 2.50 bits per heavy atom. The summed E-state index contributed by atoms with van der Waals surface area (Å²) in [6.07, 6.45) is 5.00. The number of piperazine rings is 1. The largest absolute Gasteiger partial charge is 0.493 e. The molecule has 0 spiro atoms. The molecule has 2 aromatic carbocycles. The van der Waals surface area contributed by atoms with Gasteiger partial charge in [0.1, 0.15) is 6.61 Å². The van der Waals surface area contributed by atoms with Crippen LogP contribution in [0, 0.1) is 0 Å². The molecule has 1 aliphatic heterocycles. The van der Waals surface area contributed by atoms with E-state index in [9.17, 15) is 0 Å². The summed E-state index contributed by atoms with van der Waals surface area (Å²) in [5.41, 5.74) is 2.49. The molecule has 1 saturated heterocycles. The van der Waals surface area contributed by atoms with Gasteiger partial charge in [0.05, 0.1) is 7.11 Å². The lowest BCUT2D eigenvalue weighted by molar-refractivity contribution is 0.162. The lowest BCUT2D eigenvalue weighted by Crippen LogP contribution is -2.45. The topological polar surface area (TPSA) is 33.7 Å². The molecule has 1 atom stereocenters. The van der Waals surface area contributed by atoms with Gasteiger partial charge < -0.3 is 14.8 Å². The number of nitrogens with zero attached hydrogens (tertiary/aromatic N) is 1. The van der Waals surface area contributed by atoms with Crippen molar-refractivity contribution in [3.8, 4) is 11.5 Å². The predicted octanol–water partition coefficient (Wildman–Crippen LogP) is 4.80. The van der Waals surface area contributed by atoms with E-state index in [1.807, 2.05) is 18.2 Å². The molecule has 4 heteroatoms. The van der Waals surface area contributed by atoms with Crippen molar-refractivity contribution in [2.75, 3.05) is 33.3 Å². The van der Waals surface area contributed by atoms with Crippen LogP contribution in [0.1, 0.15) is 49.8 Å². The Bertz CT molecular complexity index is 699. The maximum Gasteiger partial charge on any atom is 0.161 e. The molecule has 1 fully saturated rings. The van der Waals surface area contributed by atoms with E-state index < -0.39 is 0 Å². The van der Waals surface area contributed by atoms with Crippen LogP contribution in [0.3, 0.4) is 0 Å². The quantitative estimate of drug-likeness (QED) is 0.599. The van der Waals surface area contributed by atoms with Gasteiger partial charge in [-0.1, -0.05) is 62.6 Å². The third kappa shape index (κ3) is 5.73. The zero-order valence-corrected chi connectivity index (χ0v) is 17.3. The average Bonchev–Trinajstić information content (AvgIpc) is 2.76. The maximum absolute atomic E-state index is 6.04. The molecule has 1 N–H and O–H groups in total. The van der Waals surface area contributed by atoms with Gasteiger partial charge in [0.2, 0.25) is 0 Å². The van der Waals surface area contributed by atoms with Crippen LogP contribution in [0.15, 0.2) is 48.5 Å². The molecule has 2 aromatic rings. The molecule has 0 bridgehead atoms. The molecule has 1 aliphatic rings. The van der Waals surface area contributed by atoms with E-state index in [1.165, 1.54) is 31.2 Å². The van der Waals surface area contributed by atoms with Crippen molar-refractivity contribution in [3.63, 3.8) is 0 Å². The number of ether oxygens (including phenoxy) is 2. The van der Waals surface area contributed by atoms with Gasteiger partial charge in [0.15, 0.2) is 11.5 Å². The first-order valence-corrected chi connectivity index (χ1v) is 10.6. The highest BCUT2D eigenvalue weighted by Gasteiger charge is 2.23. The number of nitrogens with one attached hydrogen (secondary N) is 1. The number of hydrogen-bond donors (Lipinski definition) is 1. The van der Waals surface area contributed by atoms with E-state index in [0.29, 0.717) is 12.6 Å². The first-order valence-electron chi connectivity index (χ1n) is 10.6. The Morgan fingerprint density at radius 2 is 1.79 bits per heavy atom. The first kappa shape index (κ1) is 20.7. The molecule has 28 heavy (non-hydrogen) atoms. The Labute approximate surface area is 169 Å². The zero-order valence-electron chi connectivity index (χ0n) is 17.3. The van der Waals surface area contributed by atoms with E-state index in [0.717, 1.165) is 43.2 Å². The van der Waals surface area contributed by atoms with Gasteiger partial charge in [0.25, 0.3) is 0 Å². The molecule has 0 aromatic heterocycles. The van der Waals surface area contributed by atoms with Gasteiger partial charge in [0, 0.05) is 32.2 Å². The lowest BCUT2D eigenvalue weighted by atomic mass is 9.97. The monoisotopic (exact) mass is 382 g/mol. The zero-order chi connectivity index (χ0) is 19.6. The van der Waals surface area contributed by atoms with Crippen molar-refractivity contribution in [2.24, 2.45) is 0 Å². The molecular formula is C24H34N2O2. The SMILES string of the molecule is CCCCC[C@@H](c1ccc(OCc2ccccc2)c(OC)c1)N1CCNCC1. The van der Waals surface area contributed by atoms with Gasteiger partial charge in [-0.3, -0.25) is 4.90 Å². The number of methoxy groups -OCH3 is 1. The summed E-state index contributed by atoms with van der Waals surface area (Å²) in [6, 6.07) is 17.2. The first-order chi connectivity index (χ1) is 13.8. The lowest BCUT2D eigenvalue weighted by Gasteiger charge is -2.35. The smallest absolute Gasteiger partial charge is 0.161 e. The second-order valence-electron chi connectivity index (χ2n) is 7.48. The van der Waals surface area contributed by atoms with Gasteiger partial charge in [-0.05, 0) is 29.7 Å². The van der Waals surface area contributed by atoms with Crippen molar-refractivity contribution >= 4 is 0 Å². The van der Waals surface area contributed by atoms with Crippen LogP contribution in [0.4, 0.5) is 0 Å². The molecule has 0 unspecified atom stereocenters. The Kier molecular flexibility index (Phi) is 8.19. The van der Waals surface area contributed by atoms with Crippen molar-refractivity contribution in [1.82, 2.24) is 10.2 Å². The van der Waals surface area contributed by atoms with E-state index in [1.54, 1.807) is 7.11 Å². The fraction of sp³-hybridized carbons (Fsp3) is 0.500. The fourth-order valence-electron chi connectivity index (χ4n) is 3.89. The van der Waals surface area contributed by atoms with Gasteiger partial charge in [-0.15, -0.1) is 0 Å². The van der Waals surface area contributed by atoms with Crippen LogP contribution in [-0.4, -0.2) is 38.2 Å². The van der Waals surface area contributed by atoms with E-state index in [-0.39, 0.29) is 0 Å². The Balaban J connectivity index is 1.74. The molecular weight excluding hydrogens is 348 g/mol. The van der Waals surface area contributed by atoms with E-state index in [2.05, 4.69) is 47.5 Å². The molecule has 3 rings (SSSR count). The van der Waals surface area contributed by atoms with E-state index in [4.69, 9.17) is 9.47 Å². The molecule has 0 aliphatic carbocycles. The van der Waals surface area contributed by atoms with Gasteiger partial charge >= 0.3 is 0 Å². The molecule has 0 saturated carbocycles. The standard InChI is InChI=1S/C24H34N2O2/c1-3-4-6-11-22(26-16-14-25-15-17-26)21-12-13-23(24(18-21)27-2)28-19-20-9-7-5-8-10-20/h5,7-10,12-13,18,22,25H,3-4,6,11,14-17,19H2,1-2H3/t22-/m0/s1. The highest BCUT2D eigenvalue weighted by molar-refractivity contribution is 5.44. The molecule has 4 nitrogen and oxygen atoms in total. The van der Waals surface area contributed by atoms with Crippen LogP contribution >= 0.6 is 0 Å². The highest BCUT2D eigenvalue weighted by atomic mass is 16.5. The number of hydrogen-bond acceptors (Lipinski definition) is 4. The fourth-order valence-corrected chi connectivity index (χ4v) is 3.89. The minimum Gasteiger partial charge on any atom is -0.493 e. The summed E-state index contributed by atoms with van der Waals surface area (Å²) in [5.74, 6) is 1.63. The molecule has 1 heterocycles. The summed E-state index contributed by atoms with van der Waals surface area (Å²) in [4.78, 5) is 2.62. The Hall–Kier alpha value is -2.04. The van der Waals surface area contributed by atoms with Crippen molar-refractivity contribution in [2.45, 2.75) is 45.3 Å². The summed E-state index contributed by atoms with van der Waals surface area (Å²) < 4.78 is 11.7. The van der Waals surface area contributed by atoms with Crippen molar-refractivity contribution in [1.29, 1.82) is 0 Å². The highest BCUT2D eigenvalue weighted by Crippen LogP contribution is 2.35. The third-order valence-corrected chi connectivity index (χ3v) is 5.48.